The molecule has 0 unspecified atom stereocenters. The summed E-state index contributed by atoms with van der Waals surface area (Å²) in [4.78, 5) is 25.5. The summed E-state index contributed by atoms with van der Waals surface area (Å²) in [6.45, 7) is 1.25. The van der Waals surface area contributed by atoms with Crippen molar-refractivity contribution in [1.29, 1.82) is 0 Å². The second-order valence-corrected chi connectivity index (χ2v) is 8.73. The zero-order chi connectivity index (χ0) is 18.9. The molecule has 1 atom stereocenters. The van der Waals surface area contributed by atoms with Crippen molar-refractivity contribution in [2.45, 2.75) is 24.2 Å². The third kappa shape index (κ3) is 3.68. The van der Waals surface area contributed by atoms with Gasteiger partial charge in [-0.3, -0.25) is 9.59 Å². The third-order valence-electron chi connectivity index (χ3n) is 5.01. The summed E-state index contributed by atoms with van der Waals surface area (Å²) in [5.41, 5.74) is 5.39. The number of hydrogen-bond donors (Lipinski definition) is 1. The van der Waals surface area contributed by atoms with Crippen molar-refractivity contribution in [3.63, 3.8) is 0 Å². The average Bonchev–Trinajstić information content (AvgIpc) is 3.24. The molecule has 0 saturated carbocycles. The fraction of sp³-hybridized carbons (Fsp3) is 0.529. The van der Waals surface area contributed by atoms with Crippen molar-refractivity contribution in [2.24, 2.45) is 18.7 Å². The molecule has 2 aliphatic rings. The van der Waals surface area contributed by atoms with E-state index in [0.717, 1.165) is 12.8 Å². The lowest BCUT2D eigenvalue weighted by Crippen LogP contribution is -2.50. The lowest BCUT2D eigenvalue weighted by atomic mass is 10.0. The Kier molecular flexibility index (Phi) is 5.19. The number of amides is 2. The van der Waals surface area contributed by atoms with Crippen LogP contribution in [-0.4, -0.2) is 60.2 Å². The van der Waals surface area contributed by atoms with Gasteiger partial charge in [0.05, 0.1) is 0 Å². The minimum absolute atomic E-state index is 0.0460. The number of allylic oxidation sites excluding steroid dienone is 2. The number of nitrogens with two attached hydrogens (primary N) is 1. The van der Waals surface area contributed by atoms with Crippen LogP contribution in [0.15, 0.2) is 29.3 Å². The monoisotopic (exact) mass is 380 g/mol. The van der Waals surface area contributed by atoms with Gasteiger partial charge in [0.25, 0.3) is 5.91 Å². The summed E-state index contributed by atoms with van der Waals surface area (Å²) in [7, 11) is -2.14. The molecule has 2 heterocycles. The molecule has 0 spiro atoms. The van der Waals surface area contributed by atoms with E-state index in [-0.39, 0.29) is 29.6 Å². The highest BCUT2D eigenvalue weighted by Gasteiger charge is 2.32. The normalized spacial score (nSPS) is 21.3. The van der Waals surface area contributed by atoms with Gasteiger partial charge in [-0.2, -0.15) is 4.31 Å². The van der Waals surface area contributed by atoms with Crippen LogP contribution in [0.4, 0.5) is 0 Å². The minimum atomic E-state index is -3.71. The van der Waals surface area contributed by atoms with Crippen molar-refractivity contribution in [3.05, 3.63) is 30.1 Å². The lowest BCUT2D eigenvalue weighted by Gasteiger charge is -2.34. The predicted octanol–water partition coefficient (Wildman–Crippen LogP) is 0.313. The van der Waals surface area contributed by atoms with Crippen LogP contribution in [0.25, 0.3) is 0 Å². The second kappa shape index (κ2) is 7.24. The highest BCUT2D eigenvalue weighted by atomic mass is 32.2. The zero-order valence-corrected chi connectivity index (χ0v) is 15.6. The standard InChI is InChI=1S/C17H24N4O4S/c1-19-12-14(11-15(19)17(18)23)26(24,25)21-8-6-20(7-9-21)16(22)10-13-4-2-3-5-13/h2,4,11-13H,3,5-10H2,1H3,(H2,18,23)/t13-/m1/s1. The number of aromatic nitrogens is 1. The molecule has 9 heteroatoms. The Hall–Kier alpha value is -2.13. The quantitative estimate of drug-likeness (QED) is 0.742. The van der Waals surface area contributed by atoms with E-state index in [2.05, 4.69) is 12.2 Å². The molecule has 26 heavy (non-hydrogen) atoms. The number of nitrogens with zero attached hydrogens (tertiary/aromatic N) is 3. The van der Waals surface area contributed by atoms with Gasteiger partial charge in [-0.25, -0.2) is 8.42 Å². The molecule has 2 N–H and O–H groups in total. The first kappa shape index (κ1) is 18.7. The predicted molar refractivity (Wildman–Crippen MR) is 95.8 cm³/mol. The summed E-state index contributed by atoms with van der Waals surface area (Å²) < 4.78 is 28.3. The Morgan fingerprint density at radius 2 is 1.92 bits per heavy atom. The summed E-state index contributed by atoms with van der Waals surface area (Å²) in [6.07, 6.45) is 8.10. The fourth-order valence-electron chi connectivity index (χ4n) is 3.47. The van der Waals surface area contributed by atoms with E-state index in [1.165, 1.54) is 21.1 Å². The summed E-state index contributed by atoms with van der Waals surface area (Å²) in [6, 6.07) is 1.29. The first-order chi connectivity index (χ1) is 12.3. The van der Waals surface area contributed by atoms with Crippen molar-refractivity contribution in [1.82, 2.24) is 13.8 Å². The average molecular weight is 380 g/mol. The van der Waals surface area contributed by atoms with E-state index in [4.69, 9.17) is 5.73 Å². The molecule has 1 aromatic heterocycles. The van der Waals surface area contributed by atoms with Gasteiger partial charge >= 0.3 is 0 Å². The van der Waals surface area contributed by atoms with Crippen LogP contribution in [0, 0.1) is 5.92 Å². The first-order valence-corrected chi connectivity index (χ1v) is 10.1. The van der Waals surface area contributed by atoms with Gasteiger partial charge < -0.3 is 15.2 Å². The van der Waals surface area contributed by atoms with Crippen LogP contribution >= 0.6 is 0 Å². The molecule has 1 aliphatic carbocycles. The maximum Gasteiger partial charge on any atom is 0.265 e. The van der Waals surface area contributed by atoms with Gasteiger partial charge in [-0.1, -0.05) is 12.2 Å². The van der Waals surface area contributed by atoms with Gasteiger partial charge in [0.15, 0.2) is 0 Å². The molecule has 3 rings (SSSR count). The van der Waals surface area contributed by atoms with Crippen LogP contribution in [-0.2, 0) is 21.9 Å². The molecule has 1 saturated heterocycles. The zero-order valence-electron chi connectivity index (χ0n) is 14.8. The number of carbonyl (C=O) groups is 2. The number of sulfonamides is 1. The van der Waals surface area contributed by atoms with E-state index in [9.17, 15) is 18.0 Å². The van der Waals surface area contributed by atoms with Crippen LogP contribution < -0.4 is 5.73 Å². The summed E-state index contributed by atoms with van der Waals surface area (Å²) in [5, 5.41) is 0. The number of rotatable bonds is 5. The molecule has 1 fully saturated rings. The molecule has 8 nitrogen and oxygen atoms in total. The number of piperazine rings is 1. The highest BCUT2D eigenvalue weighted by molar-refractivity contribution is 7.89. The van der Waals surface area contributed by atoms with Crippen LogP contribution in [0.2, 0.25) is 0 Å². The Morgan fingerprint density at radius 1 is 1.23 bits per heavy atom. The molecular weight excluding hydrogens is 356 g/mol. The maximum absolute atomic E-state index is 12.8. The minimum Gasteiger partial charge on any atom is -0.364 e. The van der Waals surface area contributed by atoms with Crippen LogP contribution in [0.3, 0.4) is 0 Å². The van der Waals surface area contributed by atoms with E-state index in [1.54, 1.807) is 11.9 Å². The van der Waals surface area contributed by atoms with E-state index in [1.807, 2.05) is 0 Å². The van der Waals surface area contributed by atoms with Crippen LogP contribution in [0.1, 0.15) is 29.8 Å². The number of hydrogen-bond acceptors (Lipinski definition) is 4. The molecule has 142 valence electrons. The van der Waals surface area contributed by atoms with Gasteiger partial charge in [0, 0.05) is 45.8 Å². The number of carbonyl (C=O) groups excluding carboxylic acids is 2. The van der Waals surface area contributed by atoms with Gasteiger partial charge in [-0.15, -0.1) is 0 Å². The second-order valence-electron chi connectivity index (χ2n) is 6.79. The Balaban J connectivity index is 1.63. The smallest absolute Gasteiger partial charge is 0.265 e. The topological polar surface area (TPSA) is 106 Å². The van der Waals surface area contributed by atoms with E-state index >= 15 is 0 Å². The van der Waals surface area contributed by atoms with Gasteiger partial charge in [0.2, 0.25) is 15.9 Å². The SMILES string of the molecule is Cn1cc(S(=O)(=O)N2CCN(C(=O)C[C@@H]3C=CCC3)CC2)cc1C(N)=O. The molecule has 0 bridgehead atoms. The molecule has 1 aliphatic heterocycles. The van der Waals surface area contributed by atoms with Crippen molar-refractivity contribution in [3.8, 4) is 0 Å². The van der Waals surface area contributed by atoms with Crippen molar-refractivity contribution < 1.29 is 18.0 Å². The molecule has 0 radical (unpaired) electrons. The molecule has 2 amide bonds. The third-order valence-corrected chi connectivity index (χ3v) is 6.87. The maximum atomic E-state index is 12.8. The van der Waals surface area contributed by atoms with Crippen LogP contribution in [0.5, 0.6) is 0 Å². The molecular formula is C17H24N4O4S. The molecule has 1 aromatic rings. The number of aryl methyl sites for hydroxylation is 1. The first-order valence-electron chi connectivity index (χ1n) is 8.70. The fourth-order valence-corrected chi connectivity index (χ4v) is 4.96. The Labute approximate surface area is 153 Å². The lowest BCUT2D eigenvalue weighted by molar-refractivity contribution is -0.133. The largest absolute Gasteiger partial charge is 0.364 e. The highest BCUT2D eigenvalue weighted by Crippen LogP contribution is 2.23. The Bertz CT molecular complexity index is 835. The number of primary amides is 1. The van der Waals surface area contributed by atoms with Gasteiger partial charge in [-0.05, 0) is 24.8 Å². The molecule has 0 aromatic carbocycles. The van der Waals surface area contributed by atoms with E-state index in [0.29, 0.717) is 25.4 Å². The van der Waals surface area contributed by atoms with Crippen molar-refractivity contribution >= 4 is 21.8 Å². The Morgan fingerprint density at radius 3 is 2.46 bits per heavy atom. The summed E-state index contributed by atoms with van der Waals surface area (Å²) in [5.74, 6) is -0.291. The van der Waals surface area contributed by atoms with Crippen molar-refractivity contribution in [2.75, 3.05) is 26.2 Å². The summed E-state index contributed by atoms with van der Waals surface area (Å²) >= 11 is 0. The van der Waals surface area contributed by atoms with E-state index < -0.39 is 15.9 Å². The van der Waals surface area contributed by atoms with Gasteiger partial charge in [0.1, 0.15) is 10.6 Å².